The normalized spacial score (nSPS) is 16.3. The van der Waals surface area contributed by atoms with Crippen molar-refractivity contribution in [2.24, 2.45) is 0 Å². The number of nitriles is 1. The van der Waals surface area contributed by atoms with E-state index in [1.807, 2.05) is 18.4 Å². The van der Waals surface area contributed by atoms with Gasteiger partial charge in [-0.05, 0) is 18.4 Å². The highest BCUT2D eigenvalue weighted by molar-refractivity contribution is 7.11. The molecule has 0 saturated carbocycles. The Labute approximate surface area is 126 Å². The largest absolute Gasteiger partial charge is 0.367 e. The van der Waals surface area contributed by atoms with Crippen molar-refractivity contribution in [3.63, 3.8) is 0 Å². The van der Waals surface area contributed by atoms with E-state index in [1.54, 1.807) is 11.3 Å². The Hall–Kier alpha value is -1.49. The molecule has 0 atom stereocenters. The highest BCUT2D eigenvalue weighted by atomic mass is 32.1. The average Bonchev–Trinajstić information content (AvgIpc) is 3.08. The van der Waals surface area contributed by atoms with Gasteiger partial charge in [0.1, 0.15) is 21.0 Å². The van der Waals surface area contributed by atoms with Crippen LogP contribution in [0.5, 0.6) is 0 Å². The van der Waals surface area contributed by atoms with Crippen LogP contribution in [-0.2, 0) is 6.54 Å². The Bertz CT molecular complexity index is 619. The Morgan fingerprint density at radius 3 is 2.75 bits per heavy atom. The maximum absolute atomic E-state index is 9.10. The van der Waals surface area contributed by atoms with Crippen LogP contribution in [-0.4, -0.2) is 41.3 Å². The predicted molar refractivity (Wildman–Crippen MR) is 81.2 cm³/mol. The van der Waals surface area contributed by atoms with E-state index in [1.165, 1.54) is 11.3 Å². The number of aromatic nitrogens is 2. The van der Waals surface area contributed by atoms with Crippen LogP contribution in [0.15, 0.2) is 11.4 Å². The average molecular weight is 305 g/mol. The highest BCUT2D eigenvalue weighted by Gasteiger charge is 2.20. The lowest BCUT2D eigenvalue weighted by Gasteiger charge is -2.35. The van der Waals surface area contributed by atoms with Gasteiger partial charge in [-0.3, -0.25) is 4.90 Å². The van der Waals surface area contributed by atoms with Gasteiger partial charge in [0.25, 0.3) is 0 Å². The molecule has 0 unspecified atom stereocenters. The van der Waals surface area contributed by atoms with Gasteiger partial charge >= 0.3 is 0 Å². The standard InChI is InChI=1S/C13H15N5S2/c1-10-15-16-13(20-10)9-17-3-5-18(6-4-17)11-2-7-19-12(11)8-14/h2,7H,3-6,9H2,1H3. The monoisotopic (exact) mass is 305 g/mol. The summed E-state index contributed by atoms with van der Waals surface area (Å²) in [6, 6.07) is 4.32. The van der Waals surface area contributed by atoms with Crippen LogP contribution in [0.3, 0.4) is 0 Å². The van der Waals surface area contributed by atoms with E-state index in [0.717, 1.165) is 53.3 Å². The van der Waals surface area contributed by atoms with Crippen molar-refractivity contribution >= 4 is 28.4 Å². The number of anilines is 1. The fourth-order valence-corrected chi connectivity index (χ4v) is 3.83. The summed E-state index contributed by atoms with van der Waals surface area (Å²) in [5.74, 6) is 0. The Morgan fingerprint density at radius 2 is 2.10 bits per heavy atom. The molecule has 0 spiro atoms. The van der Waals surface area contributed by atoms with Crippen LogP contribution in [0.25, 0.3) is 0 Å². The smallest absolute Gasteiger partial charge is 0.131 e. The molecule has 2 aromatic rings. The molecular formula is C13H15N5S2. The maximum Gasteiger partial charge on any atom is 0.131 e. The van der Waals surface area contributed by atoms with Gasteiger partial charge < -0.3 is 4.90 Å². The van der Waals surface area contributed by atoms with Gasteiger partial charge in [0, 0.05) is 26.2 Å². The Balaban J connectivity index is 1.58. The number of hydrogen-bond donors (Lipinski definition) is 0. The Morgan fingerprint density at radius 1 is 1.30 bits per heavy atom. The third-order valence-electron chi connectivity index (χ3n) is 3.39. The summed E-state index contributed by atoms with van der Waals surface area (Å²) in [4.78, 5) is 5.52. The lowest BCUT2D eigenvalue weighted by molar-refractivity contribution is 0.249. The van der Waals surface area contributed by atoms with Crippen molar-refractivity contribution in [1.29, 1.82) is 5.26 Å². The lowest BCUT2D eigenvalue weighted by Crippen LogP contribution is -2.46. The first-order valence-corrected chi connectivity index (χ1v) is 8.20. The van der Waals surface area contributed by atoms with Crippen LogP contribution in [0.4, 0.5) is 5.69 Å². The fourth-order valence-electron chi connectivity index (χ4n) is 2.37. The second-order valence-corrected chi connectivity index (χ2v) is 6.91. The number of nitrogens with zero attached hydrogens (tertiary/aromatic N) is 5. The molecule has 0 radical (unpaired) electrons. The maximum atomic E-state index is 9.10. The molecule has 0 aliphatic carbocycles. The van der Waals surface area contributed by atoms with Gasteiger partial charge in [-0.25, -0.2) is 0 Å². The van der Waals surface area contributed by atoms with Gasteiger partial charge in [-0.15, -0.1) is 32.9 Å². The minimum atomic E-state index is 0.818. The molecule has 7 heteroatoms. The molecule has 1 fully saturated rings. The van der Waals surface area contributed by atoms with Gasteiger partial charge in [-0.1, -0.05) is 0 Å². The molecule has 0 N–H and O–H groups in total. The summed E-state index contributed by atoms with van der Waals surface area (Å²) in [5.41, 5.74) is 1.09. The summed E-state index contributed by atoms with van der Waals surface area (Å²) in [6.45, 7) is 6.79. The molecule has 0 amide bonds. The molecule has 1 saturated heterocycles. The number of hydrogen-bond acceptors (Lipinski definition) is 7. The van der Waals surface area contributed by atoms with Gasteiger partial charge in [0.15, 0.2) is 0 Å². The first-order chi connectivity index (χ1) is 9.76. The van der Waals surface area contributed by atoms with Crippen LogP contribution in [0.1, 0.15) is 14.9 Å². The van der Waals surface area contributed by atoms with E-state index in [9.17, 15) is 0 Å². The van der Waals surface area contributed by atoms with E-state index >= 15 is 0 Å². The molecule has 1 aliphatic heterocycles. The molecule has 2 aromatic heterocycles. The summed E-state index contributed by atoms with van der Waals surface area (Å²) in [7, 11) is 0. The zero-order valence-corrected chi connectivity index (χ0v) is 12.9. The number of piperazine rings is 1. The third kappa shape index (κ3) is 2.82. The van der Waals surface area contributed by atoms with E-state index in [4.69, 9.17) is 5.26 Å². The zero-order chi connectivity index (χ0) is 13.9. The summed E-state index contributed by atoms with van der Waals surface area (Å²) < 4.78 is 0. The minimum Gasteiger partial charge on any atom is -0.367 e. The number of thiophene rings is 1. The summed E-state index contributed by atoms with van der Waals surface area (Å²) in [6.07, 6.45) is 0. The van der Waals surface area contributed by atoms with E-state index < -0.39 is 0 Å². The molecule has 20 heavy (non-hydrogen) atoms. The van der Waals surface area contributed by atoms with Crippen LogP contribution < -0.4 is 4.90 Å². The van der Waals surface area contributed by atoms with E-state index in [-0.39, 0.29) is 0 Å². The van der Waals surface area contributed by atoms with Crippen molar-refractivity contribution in [2.45, 2.75) is 13.5 Å². The summed E-state index contributed by atoms with van der Waals surface area (Å²) >= 11 is 3.18. The molecule has 1 aliphatic rings. The number of rotatable bonds is 3. The first-order valence-electron chi connectivity index (χ1n) is 6.50. The van der Waals surface area contributed by atoms with Crippen LogP contribution >= 0.6 is 22.7 Å². The van der Waals surface area contributed by atoms with E-state index in [0.29, 0.717) is 0 Å². The van der Waals surface area contributed by atoms with Crippen molar-refractivity contribution in [3.8, 4) is 6.07 Å². The molecule has 3 rings (SSSR count). The predicted octanol–water partition coefficient (Wildman–Crippen LogP) is 2.10. The zero-order valence-electron chi connectivity index (χ0n) is 11.2. The first kappa shape index (κ1) is 13.5. The fraction of sp³-hybridized carbons (Fsp3) is 0.462. The minimum absolute atomic E-state index is 0.818. The second kappa shape index (κ2) is 5.87. The van der Waals surface area contributed by atoms with Crippen molar-refractivity contribution in [2.75, 3.05) is 31.1 Å². The Kier molecular flexibility index (Phi) is 3.96. The topological polar surface area (TPSA) is 56.1 Å². The lowest BCUT2D eigenvalue weighted by atomic mass is 10.2. The van der Waals surface area contributed by atoms with Crippen LogP contribution in [0.2, 0.25) is 0 Å². The third-order valence-corrected chi connectivity index (χ3v) is 5.02. The molecule has 0 aromatic carbocycles. The van der Waals surface area contributed by atoms with Gasteiger partial charge in [-0.2, -0.15) is 5.26 Å². The quantitative estimate of drug-likeness (QED) is 0.869. The molecule has 104 valence electrons. The van der Waals surface area contributed by atoms with Crippen molar-refractivity contribution in [3.05, 3.63) is 26.3 Å². The van der Waals surface area contributed by atoms with Crippen molar-refractivity contribution in [1.82, 2.24) is 15.1 Å². The molecular weight excluding hydrogens is 290 g/mol. The summed E-state index contributed by atoms with van der Waals surface area (Å²) in [5, 5.41) is 21.4. The highest BCUT2D eigenvalue weighted by Crippen LogP contribution is 2.26. The molecule has 0 bridgehead atoms. The SMILES string of the molecule is Cc1nnc(CN2CCN(c3ccsc3C#N)CC2)s1. The second-order valence-electron chi connectivity index (χ2n) is 4.72. The molecule has 3 heterocycles. The van der Waals surface area contributed by atoms with Gasteiger partial charge in [0.05, 0.1) is 12.2 Å². The van der Waals surface area contributed by atoms with Crippen molar-refractivity contribution < 1.29 is 0 Å². The molecule has 5 nitrogen and oxygen atoms in total. The number of aryl methyl sites for hydroxylation is 1. The van der Waals surface area contributed by atoms with Gasteiger partial charge in [0.2, 0.25) is 0 Å². The van der Waals surface area contributed by atoms with Crippen LogP contribution in [0, 0.1) is 18.3 Å². The van der Waals surface area contributed by atoms with E-state index in [2.05, 4.69) is 26.1 Å².